The summed E-state index contributed by atoms with van der Waals surface area (Å²) in [6, 6.07) is 14.7. The highest BCUT2D eigenvalue weighted by atomic mass is 16.4. The fraction of sp³-hybridized carbons (Fsp3) is 0.278. The molecule has 5 heteroatoms. The zero-order chi connectivity index (χ0) is 16.2. The van der Waals surface area contributed by atoms with E-state index in [0.29, 0.717) is 12.1 Å². The van der Waals surface area contributed by atoms with E-state index >= 15 is 0 Å². The summed E-state index contributed by atoms with van der Waals surface area (Å²) >= 11 is 0. The second-order valence-electron chi connectivity index (χ2n) is 5.75. The highest BCUT2D eigenvalue weighted by molar-refractivity contribution is 5.88. The van der Waals surface area contributed by atoms with Crippen molar-refractivity contribution >= 4 is 11.7 Å². The van der Waals surface area contributed by atoms with Gasteiger partial charge in [-0.05, 0) is 30.3 Å². The van der Waals surface area contributed by atoms with Gasteiger partial charge in [-0.2, -0.15) is 0 Å². The van der Waals surface area contributed by atoms with Crippen molar-refractivity contribution in [2.45, 2.75) is 6.54 Å². The van der Waals surface area contributed by atoms with Crippen molar-refractivity contribution in [3.63, 3.8) is 0 Å². The van der Waals surface area contributed by atoms with Crippen LogP contribution < -0.4 is 4.90 Å². The number of piperazine rings is 1. The highest BCUT2D eigenvalue weighted by Crippen LogP contribution is 2.22. The van der Waals surface area contributed by atoms with Gasteiger partial charge in [0.2, 0.25) is 0 Å². The first-order valence-corrected chi connectivity index (χ1v) is 7.71. The molecule has 2 aromatic carbocycles. The maximum Gasteiger partial charge on any atom is 0.335 e. The van der Waals surface area contributed by atoms with Crippen LogP contribution in [0.2, 0.25) is 0 Å². The quantitative estimate of drug-likeness (QED) is 0.908. The summed E-state index contributed by atoms with van der Waals surface area (Å²) in [5.74, 6) is -0.819. The summed E-state index contributed by atoms with van der Waals surface area (Å²) in [7, 11) is 0. The van der Waals surface area contributed by atoms with E-state index in [9.17, 15) is 9.90 Å². The largest absolute Gasteiger partial charge is 0.508 e. The van der Waals surface area contributed by atoms with Gasteiger partial charge in [-0.15, -0.1) is 0 Å². The Morgan fingerprint density at radius 2 is 1.70 bits per heavy atom. The van der Waals surface area contributed by atoms with E-state index < -0.39 is 5.97 Å². The van der Waals surface area contributed by atoms with Crippen LogP contribution in [-0.2, 0) is 6.54 Å². The molecule has 0 saturated carbocycles. The van der Waals surface area contributed by atoms with Crippen molar-refractivity contribution in [3.05, 3.63) is 59.7 Å². The Labute approximate surface area is 135 Å². The first kappa shape index (κ1) is 15.4. The Morgan fingerprint density at radius 1 is 1.00 bits per heavy atom. The van der Waals surface area contributed by atoms with Crippen LogP contribution in [0, 0.1) is 0 Å². The Morgan fingerprint density at radius 3 is 2.35 bits per heavy atom. The highest BCUT2D eigenvalue weighted by Gasteiger charge is 2.18. The average molecular weight is 312 g/mol. The number of carbonyl (C=O) groups is 1. The lowest BCUT2D eigenvalue weighted by molar-refractivity contribution is 0.0696. The van der Waals surface area contributed by atoms with Crippen LogP contribution in [0.4, 0.5) is 5.69 Å². The molecule has 1 saturated heterocycles. The topological polar surface area (TPSA) is 64.0 Å². The number of phenols is 1. The standard InChI is InChI=1S/C18H20N2O3/c21-17-7-6-14(18(22)23)12-15(17)13-19-8-10-20(11-9-19)16-4-2-1-3-5-16/h1-7,12,21H,8-11,13H2,(H,22,23). The Bertz CT molecular complexity index is 680. The maximum atomic E-state index is 11.1. The summed E-state index contributed by atoms with van der Waals surface area (Å²) < 4.78 is 0. The fourth-order valence-corrected chi connectivity index (χ4v) is 2.89. The van der Waals surface area contributed by atoms with Crippen LogP contribution in [0.1, 0.15) is 15.9 Å². The molecule has 0 aliphatic carbocycles. The number of rotatable bonds is 4. The molecule has 0 bridgehead atoms. The van der Waals surface area contributed by atoms with Crippen LogP contribution >= 0.6 is 0 Å². The number of aromatic carboxylic acids is 1. The van der Waals surface area contributed by atoms with Gasteiger partial charge in [0.15, 0.2) is 0 Å². The molecule has 0 atom stereocenters. The first-order valence-electron chi connectivity index (χ1n) is 7.71. The van der Waals surface area contributed by atoms with Gasteiger partial charge in [-0.25, -0.2) is 4.79 Å². The SMILES string of the molecule is O=C(O)c1ccc(O)c(CN2CCN(c3ccccc3)CC2)c1. The summed E-state index contributed by atoms with van der Waals surface area (Å²) in [5, 5.41) is 19.0. The van der Waals surface area contributed by atoms with Crippen molar-refractivity contribution in [2.24, 2.45) is 0 Å². The molecule has 0 spiro atoms. The average Bonchev–Trinajstić information content (AvgIpc) is 2.58. The summed E-state index contributed by atoms with van der Waals surface area (Å²) in [6.07, 6.45) is 0. The van der Waals surface area contributed by atoms with Crippen molar-refractivity contribution < 1.29 is 15.0 Å². The van der Waals surface area contributed by atoms with Crippen molar-refractivity contribution in [1.82, 2.24) is 4.90 Å². The van der Waals surface area contributed by atoms with E-state index in [-0.39, 0.29) is 11.3 Å². The van der Waals surface area contributed by atoms with Gasteiger partial charge in [0.1, 0.15) is 5.75 Å². The van der Waals surface area contributed by atoms with Gasteiger partial charge < -0.3 is 15.1 Å². The second-order valence-corrected chi connectivity index (χ2v) is 5.75. The lowest BCUT2D eigenvalue weighted by atomic mass is 10.1. The van der Waals surface area contributed by atoms with Crippen molar-refractivity contribution in [2.75, 3.05) is 31.1 Å². The molecule has 1 heterocycles. The van der Waals surface area contributed by atoms with E-state index in [0.717, 1.165) is 26.2 Å². The summed E-state index contributed by atoms with van der Waals surface area (Å²) in [6.45, 7) is 4.17. The number of hydrogen-bond donors (Lipinski definition) is 2. The third kappa shape index (κ3) is 3.63. The van der Waals surface area contributed by atoms with E-state index in [1.807, 2.05) is 18.2 Å². The van der Waals surface area contributed by atoms with Crippen molar-refractivity contribution in [1.29, 1.82) is 0 Å². The number of para-hydroxylation sites is 1. The summed E-state index contributed by atoms with van der Waals surface area (Å²) in [4.78, 5) is 15.6. The van der Waals surface area contributed by atoms with Crippen LogP contribution in [0.5, 0.6) is 5.75 Å². The van der Waals surface area contributed by atoms with E-state index in [4.69, 9.17) is 5.11 Å². The number of carboxylic acid groups (broad SMARTS) is 1. The molecule has 0 radical (unpaired) electrons. The van der Waals surface area contributed by atoms with Crippen LogP contribution in [0.3, 0.4) is 0 Å². The van der Waals surface area contributed by atoms with Gasteiger partial charge in [0, 0.05) is 44.0 Å². The molecule has 5 nitrogen and oxygen atoms in total. The van der Waals surface area contributed by atoms with Gasteiger partial charge >= 0.3 is 5.97 Å². The Balaban J connectivity index is 1.63. The zero-order valence-electron chi connectivity index (χ0n) is 12.9. The fourth-order valence-electron chi connectivity index (χ4n) is 2.89. The Kier molecular flexibility index (Phi) is 4.48. The van der Waals surface area contributed by atoms with Crippen LogP contribution in [0.25, 0.3) is 0 Å². The lowest BCUT2D eigenvalue weighted by Crippen LogP contribution is -2.45. The van der Waals surface area contributed by atoms with E-state index in [1.54, 1.807) is 6.07 Å². The van der Waals surface area contributed by atoms with Gasteiger partial charge in [0.25, 0.3) is 0 Å². The predicted octanol–water partition coefficient (Wildman–Crippen LogP) is 2.41. The number of phenolic OH excluding ortho intramolecular Hbond substituents is 1. The van der Waals surface area contributed by atoms with Gasteiger partial charge in [-0.3, -0.25) is 4.90 Å². The molecule has 1 fully saturated rings. The maximum absolute atomic E-state index is 11.1. The molecular weight excluding hydrogens is 292 g/mol. The van der Waals surface area contributed by atoms with E-state index in [2.05, 4.69) is 21.9 Å². The molecule has 1 aliphatic heterocycles. The molecule has 3 rings (SSSR count). The molecule has 0 unspecified atom stereocenters. The lowest BCUT2D eigenvalue weighted by Gasteiger charge is -2.36. The number of aromatic hydroxyl groups is 1. The number of hydrogen-bond acceptors (Lipinski definition) is 4. The third-order valence-electron chi connectivity index (χ3n) is 4.21. The molecule has 0 aromatic heterocycles. The monoisotopic (exact) mass is 312 g/mol. The van der Waals surface area contributed by atoms with Gasteiger partial charge in [0.05, 0.1) is 5.56 Å². The number of benzene rings is 2. The normalized spacial score (nSPS) is 15.6. The van der Waals surface area contributed by atoms with Gasteiger partial charge in [-0.1, -0.05) is 18.2 Å². The van der Waals surface area contributed by atoms with Crippen LogP contribution in [-0.4, -0.2) is 47.3 Å². The second kappa shape index (κ2) is 6.71. The first-order chi connectivity index (χ1) is 11.1. The minimum absolute atomic E-state index is 0.153. The Hall–Kier alpha value is -2.53. The minimum Gasteiger partial charge on any atom is -0.508 e. The summed E-state index contributed by atoms with van der Waals surface area (Å²) in [5.41, 5.74) is 2.10. The molecule has 23 heavy (non-hydrogen) atoms. The smallest absolute Gasteiger partial charge is 0.335 e. The minimum atomic E-state index is -0.972. The molecule has 0 amide bonds. The number of carboxylic acids is 1. The molecule has 2 aromatic rings. The number of anilines is 1. The van der Waals surface area contributed by atoms with E-state index in [1.165, 1.54) is 17.8 Å². The predicted molar refractivity (Wildman–Crippen MR) is 89.0 cm³/mol. The molecule has 120 valence electrons. The molecular formula is C18H20N2O3. The number of nitrogens with zero attached hydrogens (tertiary/aromatic N) is 2. The zero-order valence-corrected chi connectivity index (χ0v) is 12.9. The molecule has 1 aliphatic rings. The van der Waals surface area contributed by atoms with Crippen molar-refractivity contribution in [3.8, 4) is 5.75 Å². The third-order valence-corrected chi connectivity index (χ3v) is 4.21. The van der Waals surface area contributed by atoms with Crippen LogP contribution in [0.15, 0.2) is 48.5 Å². The molecule has 2 N–H and O–H groups in total.